The number of benzene rings is 1. The fourth-order valence-electron chi connectivity index (χ4n) is 6.75. The molecule has 1 aromatic rings. The van der Waals surface area contributed by atoms with Crippen molar-refractivity contribution in [3.05, 3.63) is 29.8 Å². The van der Waals surface area contributed by atoms with Gasteiger partial charge in [-0.1, -0.05) is 51.3 Å². The van der Waals surface area contributed by atoms with Gasteiger partial charge in [-0.15, -0.1) is 13.2 Å². The van der Waals surface area contributed by atoms with Gasteiger partial charge in [0.1, 0.15) is 11.5 Å². The molecule has 8 heteroatoms. The predicted octanol–water partition coefficient (Wildman–Crippen LogP) is 6.25. The van der Waals surface area contributed by atoms with Gasteiger partial charge in [0.05, 0.1) is 0 Å². The van der Waals surface area contributed by atoms with Crippen molar-refractivity contribution in [3.63, 3.8) is 0 Å². The van der Waals surface area contributed by atoms with Crippen molar-refractivity contribution in [1.82, 2.24) is 9.80 Å². The lowest BCUT2D eigenvalue weighted by atomic mass is 9.76. The molecule has 212 valence electrons. The van der Waals surface area contributed by atoms with Crippen LogP contribution in [0.25, 0.3) is 0 Å². The molecule has 2 saturated heterocycles. The second-order valence-corrected chi connectivity index (χ2v) is 11.6. The number of hydrogen-bond donors (Lipinski definition) is 0. The van der Waals surface area contributed by atoms with Crippen molar-refractivity contribution in [1.29, 1.82) is 0 Å². The normalized spacial score (nSPS) is 24.6. The second kappa shape index (κ2) is 12.8. The maximum Gasteiger partial charge on any atom is 0.573 e. The summed E-state index contributed by atoms with van der Waals surface area (Å²) in [4.78, 5) is 31.3. The minimum atomic E-state index is -4.72. The lowest BCUT2D eigenvalue weighted by molar-refractivity contribution is -0.274. The lowest BCUT2D eigenvalue weighted by Gasteiger charge is -2.40. The van der Waals surface area contributed by atoms with Crippen LogP contribution in [0.15, 0.2) is 24.3 Å². The number of nitrogens with zero attached hydrogens (tertiary/aromatic N) is 2. The fraction of sp³-hybridized carbons (Fsp3) is 0.733. The van der Waals surface area contributed by atoms with Gasteiger partial charge in [-0.3, -0.25) is 9.59 Å². The number of rotatable bonds is 10. The van der Waals surface area contributed by atoms with Crippen LogP contribution in [0.2, 0.25) is 0 Å². The van der Waals surface area contributed by atoms with Gasteiger partial charge in [0.25, 0.3) is 0 Å². The number of alkyl halides is 3. The van der Waals surface area contributed by atoms with E-state index in [1.54, 1.807) is 18.2 Å². The zero-order valence-electron chi connectivity index (χ0n) is 22.8. The van der Waals surface area contributed by atoms with Gasteiger partial charge in [-0.05, 0) is 68.5 Å². The summed E-state index contributed by atoms with van der Waals surface area (Å²) in [6, 6.07) is 6.43. The Bertz CT molecular complexity index is 947. The monoisotopic (exact) mass is 536 g/mol. The Morgan fingerprint density at radius 1 is 1.05 bits per heavy atom. The zero-order chi connectivity index (χ0) is 27.3. The minimum Gasteiger partial charge on any atom is -0.406 e. The average Bonchev–Trinajstić information content (AvgIpc) is 3.33. The number of carbonyl (C=O) groups excluding carboxylic acids is 2. The number of fused-ring (bicyclic) bond motifs is 1. The molecule has 4 atom stereocenters. The minimum absolute atomic E-state index is 0.0189. The largest absolute Gasteiger partial charge is 0.573 e. The van der Waals surface area contributed by atoms with Crippen molar-refractivity contribution in [2.24, 2.45) is 23.7 Å². The molecule has 0 aromatic heterocycles. The van der Waals surface area contributed by atoms with Crippen molar-refractivity contribution < 1.29 is 27.5 Å². The molecule has 1 amide bonds. The molecule has 0 radical (unpaired) electrons. The van der Waals surface area contributed by atoms with Crippen LogP contribution in [-0.4, -0.2) is 60.1 Å². The van der Waals surface area contributed by atoms with E-state index in [4.69, 9.17) is 0 Å². The van der Waals surface area contributed by atoms with E-state index in [1.807, 2.05) is 13.8 Å². The Balaban J connectivity index is 1.42. The highest BCUT2D eigenvalue weighted by Gasteiger charge is 2.44. The smallest absolute Gasteiger partial charge is 0.406 e. The van der Waals surface area contributed by atoms with E-state index in [0.717, 1.165) is 64.6 Å². The molecular formula is C30H43F3N2O3. The van der Waals surface area contributed by atoms with Crippen molar-refractivity contribution in [3.8, 4) is 5.75 Å². The molecular weight excluding hydrogens is 493 g/mol. The van der Waals surface area contributed by atoms with Gasteiger partial charge >= 0.3 is 6.36 Å². The molecule has 1 saturated carbocycles. The van der Waals surface area contributed by atoms with E-state index in [-0.39, 0.29) is 41.2 Å². The van der Waals surface area contributed by atoms with Crippen LogP contribution < -0.4 is 4.74 Å². The molecule has 2 aliphatic heterocycles. The molecule has 1 aliphatic carbocycles. The molecule has 5 nitrogen and oxygen atoms in total. The Morgan fingerprint density at radius 3 is 2.47 bits per heavy atom. The predicted molar refractivity (Wildman–Crippen MR) is 141 cm³/mol. The van der Waals surface area contributed by atoms with Crippen LogP contribution >= 0.6 is 0 Å². The molecule has 3 fully saturated rings. The summed E-state index contributed by atoms with van der Waals surface area (Å²) >= 11 is 0. The molecule has 4 rings (SSSR count). The van der Waals surface area contributed by atoms with E-state index in [2.05, 4.69) is 14.5 Å². The third kappa shape index (κ3) is 7.30. The van der Waals surface area contributed by atoms with Gasteiger partial charge in [-0.2, -0.15) is 0 Å². The summed E-state index contributed by atoms with van der Waals surface area (Å²) in [5, 5.41) is 0. The highest BCUT2D eigenvalue weighted by atomic mass is 19.4. The summed E-state index contributed by atoms with van der Waals surface area (Å²) in [6.45, 7) is 6.95. The first-order valence-electron chi connectivity index (χ1n) is 14.6. The molecule has 2 heterocycles. The van der Waals surface area contributed by atoms with E-state index in [9.17, 15) is 22.8 Å². The first-order chi connectivity index (χ1) is 18.2. The SMILES string of the molecule is CC[C@@H](C)C(=O)C[C@H](C(=O)N1CC[C@H]2CCN(CCc3ccccc3OC(F)(F)F)C[C@H]21)C1CCCCC1. The van der Waals surface area contributed by atoms with Crippen molar-refractivity contribution in [2.45, 2.75) is 90.5 Å². The zero-order valence-corrected chi connectivity index (χ0v) is 22.8. The molecule has 0 bridgehead atoms. The standard InChI is InChI=1S/C30H43F3N2O3/c1-3-21(2)27(36)19-25(22-9-5-4-6-10-22)29(37)35-18-15-23-13-16-34(20-26(23)35)17-14-24-11-7-8-12-28(24)38-30(31,32)33/h7-8,11-12,21-23,25-26H,3-6,9-10,13-20H2,1-2H3/t21-,23-,25+,26-/m1/s1. The van der Waals surface area contributed by atoms with E-state index < -0.39 is 6.36 Å². The van der Waals surface area contributed by atoms with E-state index >= 15 is 0 Å². The molecule has 0 N–H and O–H groups in total. The summed E-state index contributed by atoms with van der Waals surface area (Å²) in [7, 11) is 0. The van der Waals surface area contributed by atoms with Gasteiger partial charge in [0, 0.05) is 43.9 Å². The number of halogens is 3. The second-order valence-electron chi connectivity index (χ2n) is 11.6. The van der Waals surface area contributed by atoms with Crippen LogP contribution in [0.3, 0.4) is 0 Å². The number of hydrogen-bond acceptors (Lipinski definition) is 4. The van der Waals surface area contributed by atoms with Crippen molar-refractivity contribution in [2.75, 3.05) is 26.2 Å². The van der Waals surface area contributed by atoms with Crippen molar-refractivity contribution >= 4 is 11.7 Å². The first kappa shape index (κ1) is 28.9. The maximum absolute atomic E-state index is 14.0. The highest BCUT2D eigenvalue weighted by molar-refractivity contribution is 5.88. The summed E-state index contributed by atoms with van der Waals surface area (Å²) in [5.41, 5.74) is 0.534. The van der Waals surface area contributed by atoms with E-state index in [1.165, 1.54) is 12.5 Å². The van der Waals surface area contributed by atoms with Gasteiger partial charge < -0.3 is 14.5 Å². The number of piperidine rings is 1. The molecule has 0 spiro atoms. The van der Waals surface area contributed by atoms with Crippen LogP contribution in [0.1, 0.15) is 77.2 Å². The summed E-state index contributed by atoms with van der Waals surface area (Å²) < 4.78 is 42.7. The quantitative estimate of drug-likeness (QED) is 0.355. The maximum atomic E-state index is 14.0. The molecule has 1 aromatic carbocycles. The lowest BCUT2D eigenvalue weighted by Crippen LogP contribution is -2.52. The number of para-hydroxylation sites is 1. The number of Topliss-reactive ketones (excluding diaryl/α,β-unsaturated/α-hetero) is 1. The number of likely N-dealkylation sites (tertiary alicyclic amines) is 2. The van der Waals surface area contributed by atoms with Gasteiger partial charge in [0.2, 0.25) is 5.91 Å². The van der Waals surface area contributed by atoms with Gasteiger partial charge in [-0.25, -0.2) is 0 Å². The summed E-state index contributed by atoms with van der Waals surface area (Å²) in [5.74, 6) is 0.714. The van der Waals surface area contributed by atoms with E-state index in [0.29, 0.717) is 30.9 Å². The highest BCUT2D eigenvalue weighted by Crippen LogP contribution is 2.38. The topological polar surface area (TPSA) is 49.9 Å². The molecule has 0 unspecified atom stereocenters. The molecule has 38 heavy (non-hydrogen) atoms. The molecule has 3 aliphatic rings. The van der Waals surface area contributed by atoms with Crippen LogP contribution in [0.4, 0.5) is 13.2 Å². The van der Waals surface area contributed by atoms with Crippen LogP contribution in [0.5, 0.6) is 5.75 Å². The number of ketones is 1. The van der Waals surface area contributed by atoms with Gasteiger partial charge in [0.15, 0.2) is 0 Å². The fourth-order valence-corrected chi connectivity index (χ4v) is 6.75. The first-order valence-corrected chi connectivity index (χ1v) is 14.6. The van der Waals surface area contributed by atoms with Crippen LogP contribution in [-0.2, 0) is 16.0 Å². The van der Waals surface area contributed by atoms with Crippen LogP contribution in [0, 0.1) is 23.7 Å². The third-order valence-corrected chi connectivity index (χ3v) is 9.24. The Labute approximate surface area is 225 Å². The number of amides is 1. The Kier molecular flexibility index (Phi) is 9.77. The Hall–Kier alpha value is -2.09. The number of carbonyl (C=O) groups is 2. The summed E-state index contributed by atoms with van der Waals surface area (Å²) in [6.07, 6.45) is 4.37. The third-order valence-electron chi connectivity index (χ3n) is 9.24. The average molecular weight is 537 g/mol. The Morgan fingerprint density at radius 2 is 1.76 bits per heavy atom. The number of ether oxygens (including phenoxy) is 1.